The third-order valence-corrected chi connectivity index (χ3v) is 4.37. The van der Waals surface area contributed by atoms with Crippen LogP contribution >= 0.6 is 0 Å². The molecule has 1 saturated carbocycles. The first kappa shape index (κ1) is 12.6. The van der Waals surface area contributed by atoms with Gasteiger partial charge >= 0.3 is 0 Å². The number of hydrogen-bond donors (Lipinski definition) is 1. The number of nitrogens with zero attached hydrogens (tertiary/aromatic N) is 3. The predicted octanol–water partition coefficient (Wildman–Crippen LogP) is 1.68. The van der Waals surface area contributed by atoms with Gasteiger partial charge in [-0.3, -0.25) is 4.68 Å². The zero-order valence-electron chi connectivity index (χ0n) is 11.2. The molecule has 96 valence electrons. The van der Waals surface area contributed by atoms with Crippen LogP contribution in [0.3, 0.4) is 0 Å². The van der Waals surface area contributed by atoms with E-state index in [0.29, 0.717) is 0 Å². The van der Waals surface area contributed by atoms with Gasteiger partial charge in [0.1, 0.15) is 0 Å². The van der Waals surface area contributed by atoms with Crippen molar-refractivity contribution in [2.45, 2.75) is 43.7 Å². The fourth-order valence-corrected chi connectivity index (χ4v) is 3.16. The smallest absolute Gasteiger partial charge is 0.0653 e. The minimum Gasteiger partial charge on any atom is -0.321 e. The number of aromatic nitrogens is 2. The zero-order chi connectivity index (χ0) is 12.5. The van der Waals surface area contributed by atoms with Crippen molar-refractivity contribution in [3.8, 4) is 0 Å². The van der Waals surface area contributed by atoms with Crippen LogP contribution in [0.1, 0.15) is 43.8 Å². The van der Waals surface area contributed by atoms with E-state index in [-0.39, 0.29) is 11.6 Å². The molecule has 1 unspecified atom stereocenters. The molecule has 0 spiro atoms. The van der Waals surface area contributed by atoms with Gasteiger partial charge in [0.2, 0.25) is 0 Å². The van der Waals surface area contributed by atoms with Crippen molar-refractivity contribution in [1.82, 2.24) is 14.7 Å². The fourth-order valence-electron chi connectivity index (χ4n) is 3.16. The van der Waals surface area contributed by atoms with Gasteiger partial charge in [0.15, 0.2) is 0 Å². The molecular formula is C13H24N4. The Morgan fingerprint density at radius 2 is 2.00 bits per heavy atom. The molecule has 0 bridgehead atoms. The summed E-state index contributed by atoms with van der Waals surface area (Å²) < 4.78 is 1.91. The van der Waals surface area contributed by atoms with Crippen molar-refractivity contribution in [1.29, 1.82) is 0 Å². The monoisotopic (exact) mass is 236 g/mol. The molecule has 17 heavy (non-hydrogen) atoms. The number of nitrogens with two attached hydrogens (primary N) is 1. The van der Waals surface area contributed by atoms with Crippen molar-refractivity contribution < 1.29 is 0 Å². The average Bonchev–Trinajstić information content (AvgIpc) is 2.75. The Labute approximate surface area is 104 Å². The van der Waals surface area contributed by atoms with Gasteiger partial charge in [0.25, 0.3) is 0 Å². The first-order chi connectivity index (χ1) is 8.08. The van der Waals surface area contributed by atoms with Gasteiger partial charge in [0, 0.05) is 18.8 Å². The highest BCUT2D eigenvalue weighted by Crippen LogP contribution is 2.40. The Balaban J connectivity index is 2.30. The summed E-state index contributed by atoms with van der Waals surface area (Å²) in [5.74, 6) is 0. The second-order valence-corrected chi connectivity index (χ2v) is 5.42. The van der Waals surface area contributed by atoms with Crippen molar-refractivity contribution in [3.05, 3.63) is 18.0 Å². The maximum absolute atomic E-state index is 6.55. The van der Waals surface area contributed by atoms with Crippen LogP contribution in [-0.4, -0.2) is 34.3 Å². The molecule has 1 aromatic rings. The SMILES string of the molecule is CN(C)C1(C(N)c2ccnn2C)CCCCC1. The summed E-state index contributed by atoms with van der Waals surface area (Å²) >= 11 is 0. The topological polar surface area (TPSA) is 47.1 Å². The average molecular weight is 236 g/mol. The summed E-state index contributed by atoms with van der Waals surface area (Å²) in [6.45, 7) is 0. The molecule has 0 aromatic carbocycles. The Bertz CT molecular complexity index is 363. The second kappa shape index (κ2) is 4.78. The number of hydrogen-bond acceptors (Lipinski definition) is 3. The Kier molecular flexibility index (Phi) is 3.54. The van der Waals surface area contributed by atoms with E-state index in [1.807, 2.05) is 24.0 Å². The predicted molar refractivity (Wildman–Crippen MR) is 69.6 cm³/mol. The minimum atomic E-state index is 0.0466. The third-order valence-electron chi connectivity index (χ3n) is 4.37. The molecule has 2 N–H and O–H groups in total. The summed E-state index contributed by atoms with van der Waals surface area (Å²) in [7, 11) is 6.28. The van der Waals surface area contributed by atoms with Gasteiger partial charge in [-0.25, -0.2) is 0 Å². The van der Waals surface area contributed by atoms with Crippen LogP contribution in [0.2, 0.25) is 0 Å². The van der Waals surface area contributed by atoms with E-state index in [1.54, 1.807) is 0 Å². The molecule has 0 radical (unpaired) electrons. The van der Waals surface area contributed by atoms with E-state index >= 15 is 0 Å². The molecule has 1 aromatic heterocycles. The van der Waals surface area contributed by atoms with Crippen LogP contribution in [0.25, 0.3) is 0 Å². The van der Waals surface area contributed by atoms with Gasteiger partial charge in [-0.2, -0.15) is 5.10 Å². The van der Waals surface area contributed by atoms with E-state index in [0.717, 1.165) is 5.69 Å². The van der Waals surface area contributed by atoms with Gasteiger partial charge in [-0.1, -0.05) is 19.3 Å². The minimum absolute atomic E-state index is 0.0466. The molecule has 1 aliphatic carbocycles. The number of likely N-dealkylation sites (N-methyl/N-ethyl adjacent to an activating group) is 1. The van der Waals surface area contributed by atoms with Crippen LogP contribution < -0.4 is 5.73 Å². The first-order valence-corrected chi connectivity index (χ1v) is 6.49. The molecule has 1 aliphatic rings. The summed E-state index contributed by atoms with van der Waals surface area (Å²) in [6, 6.07) is 2.09. The molecule has 0 saturated heterocycles. The largest absolute Gasteiger partial charge is 0.321 e. The van der Waals surface area contributed by atoms with Crippen LogP contribution in [0.4, 0.5) is 0 Å². The van der Waals surface area contributed by atoms with Crippen LogP contribution in [-0.2, 0) is 7.05 Å². The van der Waals surface area contributed by atoms with Crippen LogP contribution in [0, 0.1) is 0 Å². The lowest BCUT2D eigenvalue weighted by Crippen LogP contribution is -2.53. The molecule has 4 nitrogen and oxygen atoms in total. The van der Waals surface area contributed by atoms with E-state index in [9.17, 15) is 0 Å². The molecular weight excluding hydrogens is 212 g/mol. The van der Waals surface area contributed by atoms with E-state index in [2.05, 4.69) is 24.1 Å². The number of aryl methyl sites for hydroxylation is 1. The fraction of sp³-hybridized carbons (Fsp3) is 0.769. The van der Waals surface area contributed by atoms with Crippen LogP contribution in [0.15, 0.2) is 12.3 Å². The lowest BCUT2D eigenvalue weighted by Gasteiger charge is -2.47. The number of rotatable bonds is 3. The molecule has 4 heteroatoms. The van der Waals surface area contributed by atoms with Gasteiger partial charge in [-0.05, 0) is 33.0 Å². The Hall–Kier alpha value is -0.870. The van der Waals surface area contributed by atoms with Crippen molar-refractivity contribution in [2.24, 2.45) is 12.8 Å². The lowest BCUT2D eigenvalue weighted by molar-refractivity contribution is 0.0685. The Morgan fingerprint density at radius 3 is 2.47 bits per heavy atom. The summed E-state index contributed by atoms with van der Waals surface area (Å²) in [5.41, 5.74) is 7.79. The van der Waals surface area contributed by atoms with Crippen molar-refractivity contribution in [3.63, 3.8) is 0 Å². The molecule has 1 atom stereocenters. The molecule has 1 heterocycles. The highest BCUT2D eigenvalue weighted by atomic mass is 15.3. The maximum Gasteiger partial charge on any atom is 0.0653 e. The second-order valence-electron chi connectivity index (χ2n) is 5.42. The van der Waals surface area contributed by atoms with Crippen LogP contribution in [0.5, 0.6) is 0 Å². The van der Waals surface area contributed by atoms with Gasteiger partial charge in [-0.15, -0.1) is 0 Å². The highest BCUT2D eigenvalue weighted by Gasteiger charge is 2.41. The summed E-state index contributed by atoms with van der Waals surface area (Å²) in [6.07, 6.45) is 8.11. The maximum atomic E-state index is 6.55. The summed E-state index contributed by atoms with van der Waals surface area (Å²) in [4.78, 5) is 2.32. The highest BCUT2D eigenvalue weighted by molar-refractivity contribution is 5.15. The standard InChI is InChI=1S/C13H24N4/c1-16(2)13(8-5-4-6-9-13)12(14)11-7-10-15-17(11)3/h7,10,12H,4-6,8-9,14H2,1-3H3. The molecule has 0 amide bonds. The zero-order valence-corrected chi connectivity index (χ0v) is 11.2. The summed E-state index contributed by atoms with van der Waals surface area (Å²) in [5, 5.41) is 4.24. The van der Waals surface area contributed by atoms with Gasteiger partial charge in [0.05, 0.1) is 11.7 Å². The third kappa shape index (κ3) is 2.11. The Morgan fingerprint density at radius 1 is 1.35 bits per heavy atom. The lowest BCUT2D eigenvalue weighted by atomic mass is 9.74. The van der Waals surface area contributed by atoms with E-state index in [4.69, 9.17) is 5.73 Å². The molecule has 1 fully saturated rings. The quantitative estimate of drug-likeness (QED) is 0.868. The van der Waals surface area contributed by atoms with E-state index in [1.165, 1.54) is 32.1 Å². The van der Waals surface area contributed by atoms with Crippen molar-refractivity contribution in [2.75, 3.05) is 14.1 Å². The normalized spacial score (nSPS) is 21.7. The van der Waals surface area contributed by atoms with Gasteiger partial charge < -0.3 is 10.6 Å². The first-order valence-electron chi connectivity index (χ1n) is 6.49. The molecule has 2 rings (SSSR count). The van der Waals surface area contributed by atoms with Crippen molar-refractivity contribution >= 4 is 0 Å². The van der Waals surface area contributed by atoms with E-state index < -0.39 is 0 Å². The molecule has 0 aliphatic heterocycles.